The normalized spacial score (nSPS) is 52.9. The average molecular weight is 327 g/mol. The summed E-state index contributed by atoms with van der Waals surface area (Å²) >= 11 is 6.96. The second kappa shape index (κ2) is 6.66. The van der Waals surface area contributed by atoms with E-state index in [0.29, 0.717) is 11.3 Å². The Labute approximate surface area is 144 Å². The van der Waals surface area contributed by atoms with Crippen LogP contribution in [0, 0.1) is 40.9 Å². The van der Waals surface area contributed by atoms with Crippen LogP contribution in [0.15, 0.2) is 0 Å². The van der Waals surface area contributed by atoms with Gasteiger partial charge in [0.2, 0.25) is 0 Å². The highest BCUT2D eigenvalue weighted by atomic mass is 35.5. The monoisotopic (exact) mass is 326 g/mol. The van der Waals surface area contributed by atoms with E-state index in [0.717, 1.165) is 29.6 Å². The van der Waals surface area contributed by atoms with Crippen LogP contribution in [0.5, 0.6) is 0 Å². The molecule has 1 heteroatoms. The number of hydrogen-bond donors (Lipinski definition) is 0. The number of fused-ring (bicyclic) bond motifs is 1. The van der Waals surface area contributed by atoms with E-state index in [1.165, 1.54) is 38.5 Å². The average Bonchev–Trinajstić information content (AvgIpc) is 2.58. The SMILES string of the molecule is CCC1C[C@@](C)(CC)C(C)C(CC)[C@H]2C1CCC(C)(Cl)[C@H]2C. The predicted octanol–water partition coefficient (Wildman–Crippen LogP) is 7.15. The summed E-state index contributed by atoms with van der Waals surface area (Å²) in [6.07, 6.45) is 8.01. The predicted molar refractivity (Wildman–Crippen MR) is 99.4 cm³/mol. The smallest absolute Gasteiger partial charge is 0.0447 e. The Morgan fingerprint density at radius 2 is 1.64 bits per heavy atom. The van der Waals surface area contributed by atoms with E-state index in [9.17, 15) is 0 Å². The highest BCUT2D eigenvalue weighted by Gasteiger charge is 2.53. The highest BCUT2D eigenvalue weighted by molar-refractivity contribution is 6.23. The fraction of sp³-hybridized carbons (Fsp3) is 1.00. The molecule has 2 saturated carbocycles. The van der Waals surface area contributed by atoms with E-state index < -0.39 is 0 Å². The molecule has 0 radical (unpaired) electrons. The van der Waals surface area contributed by atoms with Crippen LogP contribution in [0.3, 0.4) is 0 Å². The van der Waals surface area contributed by atoms with Gasteiger partial charge >= 0.3 is 0 Å². The van der Waals surface area contributed by atoms with E-state index in [2.05, 4.69) is 48.5 Å². The molecule has 2 aliphatic carbocycles. The Balaban J connectivity index is 2.46. The molecule has 0 spiro atoms. The lowest BCUT2D eigenvalue weighted by Gasteiger charge is -2.50. The molecule has 0 amide bonds. The molecule has 0 N–H and O–H groups in total. The molecule has 8 atom stereocenters. The van der Waals surface area contributed by atoms with Gasteiger partial charge in [0.15, 0.2) is 0 Å². The standard InChI is InChI=1S/C21H39Cl/c1-8-16-13-20(6,10-3)14(4)17(9-2)19-15(5)21(7,22)12-11-18(16)19/h14-19H,8-13H2,1-7H3/t14?,15-,16?,17?,18?,19-,20+,21?/m0/s1. The van der Waals surface area contributed by atoms with Gasteiger partial charge in [-0.05, 0) is 67.1 Å². The van der Waals surface area contributed by atoms with Crippen molar-refractivity contribution >= 4 is 11.6 Å². The second-order valence-electron chi connectivity index (χ2n) is 9.09. The van der Waals surface area contributed by atoms with Crippen molar-refractivity contribution in [3.8, 4) is 0 Å². The molecule has 5 unspecified atom stereocenters. The maximum absolute atomic E-state index is 6.96. The molecule has 0 aliphatic heterocycles. The van der Waals surface area contributed by atoms with Crippen molar-refractivity contribution in [2.45, 2.75) is 91.9 Å². The van der Waals surface area contributed by atoms with Crippen molar-refractivity contribution in [2.75, 3.05) is 0 Å². The molecule has 2 aliphatic rings. The van der Waals surface area contributed by atoms with Gasteiger partial charge in [0, 0.05) is 4.87 Å². The quantitative estimate of drug-likeness (QED) is 0.483. The number of rotatable bonds is 3. The summed E-state index contributed by atoms with van der Waals surface area (Å²) in [5.41, 5.74) is 0.515. The minimum Gasteiger partial charge on any atom is -0.119 e. The second-order valence-corrected chi connectivity index (χ2v) is 9.95. The van der Waals surface area contributed by atoms with Crippen LogP contribution in [0.4, 0.5) is 0 Å². The third-order valence-corrected chi connectivity index (χ3v) is 8.89. The third kappa shape index (κ3) is 2.99. The first-order valence-electron chi connectivity index (χ1n) is 9.90. The Hall–Kier alpha value is 0.290. The summed E-state index contributed by atoms with van der Waals surface area (Å²) in [7, 11) is 0. The van der Waals surface area contributed by atoms with Gasteiger partial charge in [-0.1, -0.05) is 60.8 Å². The van der Waals surface area contributed by atoms with Crippen molar-refractivity contribution in [3.63, 3.8) is 0 Å². The molecule has 0 heterocycles. The van der Waals surface area contributed by atoms with Gasteiger partial charge in [0.1, 0.15) is 0 Å². The van der Waals surface area contributed by atoms with E-state index in [1.807, 2.05) is 0 Å². The summed E-state index contributed by atoms with van der Waals surface area (Å²) in [6, 6.07) is 0. The zero-order valence-electron chi connectivity index (χ0n) is 16.1. The van der Waals surface area contributed by atoms with Gasteiger partial charge in [-0.2, -0.15) is 0 Å². The third-order valence-electron chi connectivity index (χ3n) is 8.36. The summed E-state index contributed by atoms with van der Waals surface area (Å²) < 4.78 is 0. The van der Waals surface area contributed by atoms with E-state index in [-0.39, 0.29) is 4.87 Å². The molecular weight excluding hydrogens is 288 g/mol. The topological polar surface area (TPSA) is 0 Å². The fourth-order valence-electron chi connectivity index (χ4n) is 6.20. The van der Waals surface area contributed by atoms with Crippen LogP contribution in [-0.4, -0.2) is 4.87 Å². The molecule has 0 bridgehead atoms. The summed E-state index contributed by atoms with van der Waals surface area (Å²) in [5, 5.41) is 0. The van der Waals surface area contributed by atoms with Gasteiger partial charge in [0.05, 0.1) is 0 Å². The molecule has 0 aromatic heterocycles. The molecule has 0 saturated heterocycles. The van der Waals surface area contributed by atoms with Crippen LogP contribution in [0.1, 0.15) is 87.0 Å². The van der Waals surface area contributed by atoms with Gasteiger partial charge in [-0.25, -0.2) is 0 Å². The first kappa shape index (κ1) is 18.6. The van der Waals surface area contributed by atoms with Crippen LogP contribution in [0.25, 0.3) is 0 Å². The summed E-state index contributed by atoms with van der Waals surface area (Å²) in [4.78, 5) is 0.0134. The van der Waals surface area contributed by atoms with E-state index in [1.54, 1.807) is 0 Å². The molecule has 22 heavy (non-hydrogen) atoms. The fourth-order valence-corrected chi connectivity index (χ4v) is 6.46. The molecule has 0 aromatic rings. The van der Waals surface area contributed by atoms with Gasteiger partial charge < -0.3 is 0 Å². The zero-order chi connectivity index (χ0) is 16.7. The maximum atomic E-state index is 6.96. The zero-order valence-corrected chi connectivity index (χ0v) is 16.8. The lowest BCUT2D eigenvalue weighted by atomic mass is 9.58. The number of halogens is 1. The van der Waals surface area contributed by atoms with Gasteiger partial charge in [-0.3, -0.25) is 0 Å². The largest absolute Gasteiger partial charge is 0.119 e. The minimum atomic E-state index is 0.0134. The Kier molecular flexibility index (Phi) is 5.63. The molecule has 0 nitrogen and oxygen atoms in total. The number of alkyl halides is 1. The Morgan fingerprint density at radius 1 is 1.00 bits per heavy atom. The van der Waals surface area contributed by atoms with Crippen LogP contribution < -0.4 is 0 Å². The number of hydrogen-bond acceptors (Lipinski definition) is 0. The van der Waals surface area contributed by atoms with Crippen LogP contribution in [-0.2, 0) is 0 Å². The van der Waals surface area contributed by atoms with Crippen molar-refractivity contribution in [2.24, 2.45) is 40.9 Å². The Bertz CT molecular complexity index is 374. The molecule has 2 fully saturated rings. The molecular formula is C21H39Cl. The van der Waals surface area contributed by atoms with Crippen LogP contribution in [0.2, 0.25) is 0 Å². The van der Waals surface area contributed by atoms with E-state index >= 15 is 0 Å². The van der Waals surface area contributed by atoms with Crippen molar-refractivity contribution in [1.29, 1.82) is 0 Å². The lowest BCUT2D eigenvalue weighted by molar-refractivity contribution is 0.0248. The summed E-state index contributed by atoms with van der Waals surface area (Å²) in [6.45, 7) is 17.2. The first-order valence-corrected chi connectivity index (χ1v) is 10.3. The first-order chi connectivity index (χ1) is 10.2. The van der Waals surface area contributed by atoms with Crippen molar-refractivity contribution in [1.82, 2.24) is 0 Å². The minimum absolute atomic E-state index is 0.0134. The van der Waals surface area contributed by atoms with Crippen molar-refractivity contribution in [3.05, 3.63) is 0 Å². The molecule has 0 aromatic carbocycles. The molecule has 2 rings (SSSR count). The Morgan fingerprint density at radius 3 is 2.14 bits per heavy atom. The van der Waals surface area contributed by atoms with Crippen molar-refractivity contribution < 1.29 is 0 Å². The lowest BCUT2D eigenvalue weighted by Crippen LogP contribution is -2.46. The van der Waals surface area contributed by atoms with E-state index in [4.69, 9.17) is 11.6 Å². The highest BCUT2D eigenvalue weighted by Crippen LogP contribution is 2.59. The van der Waals surface area contributed by atoms with Crippen LogP contribution >= 0.6 is 11.6 Å². The summed E-state index contributed by atoms with van der Waals surface area (Å²) in [5.74, 6) is 4.96. The molecule has 130 valence electrons. The maximum Gasteiger partial charge on any atom is 0.0447 e. The van der Waals surface area contributed by atoms with Gasteiger partial charge in [0.25, 0.3) is 0 Å². The van der Waals surface area contributed by atoms with Gasteiger partial charge in [-0.15, -0.1) is 11.6 Å².